The number of piperidine rings is 1. The molecule has 1 saturated heterocycles. The Hall–Kier alpha value is -1.82. The average molecular weight is 320 g/mol. The molecule has 1 aliphatic heterocycles. The van der Waals surface area contributed by atoms with Crippen LogP contribution in [0.4, 0.5) is 10.6 Å². The van der Waals surface area contributed by atoms with Crippen LogP contribution in [0.5, 0.6) is 0 Å². The minimum Gasteiger partial charge on any atom is -0.394 e. The predicted octanol–water partition coefficient (Wildman–Crippen LogP) is 1.76. The van der Waals surface area contributed by atoms with Crippen molar-refractivity contribution in [1.29, 1.82) is 0 Å². The summed E-state index contributed by atoms with van der Waals surface area (Å²) in [5.74, 6) is 1.43. The molecule has 1 unspecified atom stereocenters. The third kappa shape index (κ3) is 5.71. The van der Waals surface area contributed by atoms with Crippen LogP contribution in [0.25, 0.3) is 0 Å². The van der Waals surface area contributed by atoms with E-state index >= 15 is 0 Å². The lowest BCUT2D eigenvalue weighted by Gasteiger charge is -2.33. The van der Waals surface area contributed by atoms with Crippen LogP contribution in [-0.4, -0.2) is 47.9 Å². The highest BCUT2D eigenvalue weighted by Crippen LogP contribution is 2.17. The van der Waals surface area contributed by atoms with Gasteiger partial charge < -0.3 is 20.6 Å². The number of urea groups is 1. The lowest BCUT2D eigenvalue weighted by Crippen LogP contribution is -2.51. The van der Waals surface area contributed by atoms with E-state index in [-0.39, 0.29) is 24.7 Å². The van der Waals surface area contributed by atoms with Crippen molar-refractivity contribution in [2.24, 2.45) is 5.92 Å². The van der Waals surface area contributed by atoms with Gasteiger partial charge in [0.2, 0.25) is 0 Å². The number of amides is 2. The molecule has 3 N–H and O–H groups in total. The number of rotatable bonds is 6. The Morgan fingerprint density at radius 3 is 2.70 bits per heavy atom. The van der Waals surface area contributed by atoms with Crippen molar-refractivity contribution in [2.45, 2.75) is 45.2 Å². The molecule has 0 saturated carbocycles. The minimum absolute atomic E-state index is 0.0241. The normalized spacial score (nSPS) is 17.1. The second kappa shape index (κ2) is 8.72. The Morgan fingerprint density at radius 1 is 1.39 bits per heavy atom. The smallest absolute Gasteiger partial charge is 0.315 e. The summed E-state index contributed by atoms with van der Waals surface area (Å²) in [5.41, 5.74) is 0. The molecule has 2 rings (SSSR count). The summed E-state index contributed by atoms with van der Waals surface area (Å²) in [6.45, 7) is 5.91. The molecule has 6 nitrogen and oxygen atoms in total. The molecule has 23 heavy (non-hydrogen) atoms. The van der Waals surface area contributed by atoms with E-state index in [9.17, 15) is 9.90 Å². The Labute approximate surface area is 138 Å². The fourth-order valence-electron chi connectivity index (χ4n) is 2.95. The number of hydrogen-bond acceptors (Lipinski definition) is 4. The zero-order valence-electron chi connectivity index (χ0n) is 14.0. The summed E-state index contributed by atoms with van der Waals surface area (Å²) < 4.78 is 0. The SMILES string of the molecule is CC(C)CC(CO)NC(=O)NC1CCN(c2ccccn2)CC1. The van der Waals surface area contributed by atoms with Crippen molar-refractivity contribution in [3.05, 3.63) is 24.4 Å². The van der Waals surface area contributed by atoms with E-state index in [2.05, 4.69) is 34.4 Å². The first-order valence-corrected chi connectivity index (χ1v) is 8.42. The fraction of sp³-hybridized carbons (Fsp3) is 0.647. The van der Waals surface area contributed by atoms with Crippen molar-refractivity contribution in [2.75, 3.05) is 24.6 Å². The van der Waals surface area contributed by atoms with Crippen LogP contribution < -0.4 is 15.5 Å². The van der Waals surface area contributed by atoms with E-state index in [1.54, 1.807) is 6.20 Å². The van der Waals surface area contributed by atoms with Gasteiger partial charge in [-0.3, -0.25) is 0 Å². The molecule has 1 atom stereocenters. The van der Waals surface area contributed by atoms with Crippen LogP contribution in [0.2, 0.25) is 0 Å². The molecule has 6 heteroatoms. The molecule has 128 valence electrons. The Balaban J connectivity index is 1.74. The van der Waals surface area contributed by atoms with Crippen molar-refractivity contribution < 1.29 is 9.90 Å². The predicted molar refractivity (Wildman–Crippen MR) is 91.5 cm³/mol. The van der Waals surface area contributed by atoms with Crippen LogP contribution in [0.3, 0.4) is 0 Å². The highest BCUT2D eigenvalue weighted by molar-refractivity contribution is 5.74. The molecule has 1 aromatic heterocycles. The number of hydrogen-bond donors (Lipinski definition) is 3. The van der Waals surface area contributed by atoms with Crippen LogP contribution in [0.15, 0.2) is 24.4 Å². The van der Waals surface area contributed by atoms with Crippen LogP contribution in [-0.2, 0) is 0 Å². The molecule has 2 amide bonds. The van der Waals surface area contributed by atoms with Crippen molar-refractivity contribution in [1.82, 2.24) is 15.6 Å². The number of anilines is 1. The number of aliphatic hydroxyl groups is 1. The molecule has 0 bridgehead atoms. The molecule has 0 radical (unpaired) electrons. The first-order valence-electron chi connectivity index (χ1n) is 8.42. The fourth-order valence-corrected chi connectivity index (χ4v) is 2.95. The molecule has 1 aliphatic rings. The van der Waals surface area contributed by atoms with Crippen molar-refractivity contribution >= 4 is 11.8 Å². The highest BCUT2D eigenvalue weighted by atomic mass is 16.3. The number of aromatic nitrogens is 1. The van der Waals surface area contributed by atoms with Gasteiger partial charge in [-0.05, 0) is 37.3 Å². The average Bonchev–Trinajstić information content (AvgIpc) is 2.55. The maximum atomic E-state index is 12.1. The van der Waals surface area contributed by atoms with Gasteiger partial charge in [-0.2, -0.15) is 0 Å². The number of carbonyl (C=O) groups is 1. The maximum absolute atomic E-state index is 12.1. The van der Waals surface area contributed by atoms with Crippen molar-refractivity contribution in [3.8, 4) is 0 Å². The molecule has 1 aromatic rings. The van der Waals surface area contributed by atoms with Crippen LogP contribution >= 0.6 is 0 Å². The van der Waals surface area contributed by atoms with Gasteiger partial charge in [0.05, 0.1) is 12.6 Å². The highest BCUT2D eigenvalue weighted by Gasteiger charge is 2.22. The van der Waals surface area contributed by atoms with E-state index in [4.69, 9.17) is 0 Å². The first-order chi connectivity index (χ1) is 11.1. The van der Waals surface area contributed by atoms with E-state index < -0.39 is 0 Å². The van der Waals surface area contributed by atoms with Gasteiger partial charge in [-0.25, -0.2) is 9.78 Å². The summed E-state index contributed by atoms with van der Waals surface area (Å²) >= 11 is 0. The molecule has 2 heterocycles. The second-order valence-corrected chi connectivity index (χ2v) is 6.58. The lowest BCUT2D eigenvalue weighted by atomic mass is 10.0. The molecule has 0 spiro atoms. The van der Waals surface area contributed by atoms with E-state index in [1.807, 2.05) is 18.2 Å². The zero-order valence-corrected chi connectivity index (χ0v) is 14.0. The standard InChI is InChI=1S/C17H28N4O2/c1-13(2)11-15(12-22)20-17(23)19-14-6-9-21(10-7-14)16-5-3-4-8-18-16/h3-5,8,13-15,22H,6-7,9-12H2,1-2H3,(H2,19,20,23). The van der Waals surface area contributed by atoms with Gasteiger partial charge in [-0.15, -0.1) is 0 Å². The number of nitrogens with zero attached hydrogens (tertiary/aromatic N) is 2. The quantitative estimate of drug-likeness (QED) is 0.746. The molecular weight excluding hydrogens is 292 g/mol. The number of carbonyl (C=O) groups excluding carboxylic acids is 1. The van der Waals surface area contributed by atoms with Gasteiger partial charge >= 0.3 is 6.03 Å². The summed E-state index contributed by atoms with van der Waals surface area (Å²) in [6.07, 6.45) is 4.38. The van der Waals surface area contributed by atoms with Gasteiger partial charge in [0, 0.05) is 25.3 Å². The molecule has 0 aliphatic carbocycles. The van der Waals surface area contributed by atoms with Crippen LogP contribution in [0.1, 0.15) is 33.1 Å². The molecule has 1 fully saturated rings. The lowest BCUT2D eigenvalue weighted by molar-refractivity contribution is 0.203. The Kier molecular flexibility index (Phi) is 6.65. The van der Waals surface area contributed by atoms with Gasteiger partial charge in [0.25, 0.3) is 0 Å². The molecule has 0 aromatic carbocycles. The number of nitrogens with one attached hydrogen (secondary N) is 2. The Morgan fingerprint density at radius 2 is 2.13 bits per heavy atom. The monoisotopic (exact) mass is 320 g/mol. The Bertz CT molecular complexity index is 473. The number of aliphatic hydroxyl groups excluding tert-OH is 1. The third-order valence-electron chi connectivity index (χ3n) is 4.11. The van der Waals surface area contributed by atoms with Gasteiger partial charge in [0.1, 0.15) is 5.82 Å². The summed E-state index contributed by atoms with van der Waals surface area (Å²) in [5, 5.41) is 15.2. The van der Waals surface area contributed by atoms with Gasteiger partial charge in [-0.1, -0.05) is 19.9 Å². The maximum Gasteiger partial charge on any atom is 0.315 e. The summed E-state index contributed by atoms with van der Waals surface area (Å²) in [6, 6.07) is 5.73. The number of pyridine rings is 1. The second-order valence-electron chi connectivity index (χ2n) is 6.58. The first kappa shape index (κ1) is 17.5. The summed E-state index contributed by atoms with van der Waals surface area (Å²) in [4.78, 5) is 18.7. The van der Waals surface area contributed by atoms with E-state index in [1.165, 1.54) is 0 Å². The minimum atomic E-state index is -0.180. The van der Waals surface area contributed by atoms with Crippen molar-refractivity contribution in [3.63, 3.8) is 0 Å². The summed E-state index contributed by atoms with van der Waals surface area (Å²) in [7, 11) is 0. The molecular formula is C17H28N4O2. The zero-order chi connectivity index (χ0) is 16.7. The topological polar surface area (TPSA) is 77.5 Å². The van der Waals surface area contributed by atoms with E-state index in [0.29, 0.717) is 5.92 Å². The van der Waals surface area contributed by atoms with Gasteiger partial charge in [0.15, 0.2) is 0 Å². The van der Waals surface area contributed by atoms with E-state index in [0.717, 1.165) is 38.2 Å². The van der Waals surface area contributed by atoms with Crippen LogP contribution in [0, 0.1) is 5.92 Å². The third-order valence-corrected chi connectivity index (χ3v) is 4.11. The largest absolute Gasteiger partial charge is 0.394 e.